The summed E-state index contributed by atoms with van der Waals surface area (Å²) in [6.07, 6.45) is 6.64. The molecule has 0 heterocycles. The quantitative estimate of drug-likeness (QED) is 0.499. The third kappa shape index (κ3) is 1.86. The predicted octanol–water partition coefficient (Wildman–Crippen LogP) is 3.19. The van der Waals surface area contributed by atoms with Gasteiger partial charge in [0.25, 0.3) is 0 Å². The molecule has 0 aromatic carbocycles. The number of halogens is 1. The van der Waals surface area contributed by atoms with Gasteiger partial charge >= 0.3 is 0 Å². The maximum atomic E-state index is 6.08. The second-order valence-electron chi connectivity index (χ2n) is 2.97. The SMILES string of the molecule is CC[C@H]1CCCC[C@@H]1Cl. The van der Waals surface area contributed by atoms with Crippen LogP contribution in [0.25, 0.3) is 0 Å². The first-order chi connectivity index (χ1) is 4.34. The van der Waals surface area contributed by atoms with Crippen molar-refractivity contribution in [1.82, 2.24) is 0 Å². The van der Waals surface area contributed by atoms with Crippen molar-refractivity contribution >= 4 is 11.6 Å². The average molecular weight is 147 g/mol. The van der Waals surface area contributed by atoms with E-state index in [9.17, 15) is 0 Å². The second-order valence-corrected chi connectivity index (χ2v) is 3.53. The average Bonchev–Trinajstić information content (AvgIpc) is 1.89. The van der Waals surface area contributed by atoms with Crippen LogP contribution in [0.5, 0.6) is 0 Å². The zero-order chi connectivity index (χ0) is 6.69. The van der Waals surface area contributed by atoms with Gasteiger partial charge in [0.15, 0.2) is 0 Å². The molecule has 0 amide bonds. The number of hydrogen-bond donors (Lipinski definition) is 0. The summed E-state index contributed by atoms with van der Waals surface area (Å²) in [6.45, 7) is 2.24. The van der Waals surface area contributed by atoms with Crippen molar-refractivity contribution < 1.29 is 0 Å². The van der Waals surface area contributed by atoms with Crippen LogP contribution in [0.4, 0.5) is 0 Å². The van der Waals surface area contributed by atoms with E-state index in [2.05, 4.69) is 6.92 Å². The van der Waals surface area contributed by atoms with E-state index in [1.54, 1.807) is 0 Å². The summed E-state index contributed by atoms with van der Waals surface area (Å²) < 4.78 is 0. The lowest BCUT2D eigenvalue weighted by molar-refractivity contribution is 0.356. The van der Waals surface area contributed by atoms with Gasteiger partial charge in [0.05, 0.1) is 0 Å². The molecule has 2 atom stereocenters. The van der Waals surface area contributed by atoms with Crippen molar-refractivity contribution in [3.63, 3.8) is 0 Å². The molecule has 0 radical (unpaired) electrons. The Morgan fingerprint density at radius 1 is 1.33 bits per heavy atom. The molecule has 0 saturated heterocycles. The summed E-state index contributed by atoms with van der Waals surface area (Å²) in [7, 11) is 0. The highest BCUT2D eigenvalue weighted by molar-refractivity contribution is 6.20. The Kier molecular flexibility index (Phi) is 2.84. The van der Waals surface area contributed by atoms with Crippen LogP contribution in [0, 0.1) is 5.92 Å². The van der Waals surface area contributed by atoms with Crippen LogP contribution < -0.4 is 0 Å². The van der Waals surface area contributed by atoms with E-state index in [-0.39, 0.29) is 0 Å². The lowest BCUT2D eigenvalue weighted by Gasteiger charge is -2.25. The van der Waals surface area contributed by atoms with Gasteiger partial charge in [-0.1, -0.05) is 26.2 Å². The zero-order valence-electron chi connectivity index (χ0n) is 6.07. The zero-order valence-corrected chi connectivity index (χ0v) is 6.82. The van der Waals surface area contributed by atoms with E-state index in [0.29, 0.717) is 5.38 Å². The van der Waals surface area contributed by atoms with Crippen LogP contribution in [-0.2, 0) is 0 Å². The molecule has 0 bridgehead atoms. The van der Waals surface area contributed by atoms with Crippen LogP contribution in [0.1, 0.15) is 39.0 Å². The number of hydrogen-bond acceptors (Lipinski definition) is 0. The highest BCUT2D eigenvalue weighted by atomic mass is 35.5. The molecule has 0 aromatic heterocycles. The molecule has 0 N–H and O–H groups in total. The van der Waals surface area contributed by atoms with Gasteiger partial charge in [0.1, 0.15) is 0 Å². The summed E-state index contributed by atoms with van der Waals surface area (Å²) in [5.74, 6) is 0.820. The molecule has 0 unspecified atom stereocenters. The first-order valence-corrected chi connectivity index (χ1v) is 4.42. The van der Waals surface area contributed by atoms with Crippen LogP contribution >= 0.6 is 11.6 Å². The van der Waals surface area contributed by atoms with Crippen molar-refractivity contribution in [3.05, 3.63) is 0 Å². The smallest absolute Gasteiger partial charge is 0.0364 e. The van der Waals surface area contributed by atoms with Crippen LogP contribution in [-0.4, -0.2) is 5.38 Å². The van der Waals surface area contributed by atoms with Crippen molar-refractivity contribution in [2.75, 3.05) is 0 Å². The molecule has 1 heteroatoms. The van der Waals surface area contributed by atoms with E-state index in [4.69, 9.17) is 11.6 Å². The van der Waals surface area contributed by atoms with Crippen LogP contribution in [0.15, 0.2) is 0 Å². The first kappa shape index (κ1) is 7.40. The molecule has 1 aliphatic carbocycles. The van der Waals surface area contributed by atoms with Gasteiger partial charge in [-0.2, -0.15) is 0 Å². The van der Waals surface area contributed by atoms with E-state index in [0.717, 1.165) is 5.92 Å². The van der Waals surface area contributed by atoms with Gasteiger partial charge in [-0.25, -0.2) is 0 Å². The molecule has 0 aliphatic heterocycles. The maximum absolute atomic E-state index is 6.08. The van der Waals surface area contributed by atoms with Crippen molar-refractivity contribution in [2.45, 2.75) is 44.4 Å². The Balaban J connectivity index is 2.30. The summed E-state index contributed by atoms with van der Waals surface area (Å²) in [4.78, 5) is 0. The Labute approximate surface area is 62.6 Å². The summed E-state index contributed by atoms with van der Waals surface area (Å²) in [5, 5.41) is 0.490. The van der Waals surface area contributed by atoms with Gasteiger partial charge in [-0.3, -0.25) is 0 Å². The van der Waals surface area contributed by atoms with E-state index >= 15 is 0 Å². The molecule has 9 heavy (non-hydrogen) atoms. The molecule has 54 valence electrons. The fourth-order valence-electron chi connectivity index (χ4n) is 1.62. The Hall–Kier alpha value is 0.290. The van der Waals surface area contributed by atoms with Gasteiger partial charge in [0, 0.05) is 5.38 Å². The van der Waals surface area contributed by atoms with E-state index in [1.807, 2.05) is 0 Å². The number of rotatable bonds is 1. The fraction of sp³-hybridized carbons (Fsp3) is 1.00. The Morgan fingerprint density at radius 3 is 2.44 bits per heavy atom. The Morgan fingerprint density at radius 2 is 2.00 bits per heavy atom. The molecular weight excluding hydrogens is 132 g/mol. The minimum Gasteiger partial charge on any atom is -0.123 e. The minimum atomic E-state index is 0.490. The second kappa shape index (κ2) is 3.46. The highest BCUT2D eigenvalue weighted by Crippen LogP contribution is 2.30. The normalized spacial score (nSPS) is 36.7. The van der Waals surface area contributed by atoms with Crippen molar-refractivity contribution in [1.29, 1.82) is 0 Å². The molecule has 1 saturated carbocycles. The molecule has 1 aliphatic rings. The standard InChI is InChI=1S/C8H15Cl/c1-2-7-5-3-4-6-8(7)9/h7-8H,2-6H2,1H3/t7-,8-/m0/s1. The largest absolute Gasteiger partial charge is 0.123 e. The van der Waals surface area contributed by atoms with Crippen LogP contribution in [0.2, 0.25) is 0 Å². The lowest BCUT2D eigenvalue weighted by atomic mass is 9.87. The lowest BCUT2D eigenvalue weighted by Crippen LogP contribution is -2.18. The van der Waals surface area contributed by atoms with E-state index < -0.39 is 0 Å². The van der Waals surface area contributed by atoms with Crippen molar-refractivity contribution in [3.8, 4) is 0 Å². The molecule has 0 nitrogen and oxygen atoms in total. The number of alkyl halides is 1. The van der Waals surface area contributed by atoms with Crippen molar-refractivity contribution in [2.24, 2.45) is 5.92 Å². The molecule has 0 aromatic rings. The van der Waals surface area contributed by atoms with Gasteiger partial charge in [-0.05, 0) is 18.8 Å². The predicted molar refractivity (Wildman–Crippen MR) is 41.9 cm³/mol. The fourth-order valence-corrected chi connectivity index (χ4v) is 2.08. The summed E-state index contributed by atoms with van der Waals surface area (Å²) >= 11 is 6.08. The summed E-state index contributed by atoms with van der Waals surface area (Å²) in [6, 6.07) is 0. The third-order valence-corrected chi connectivity index (χ3v) is 2.92. The maximum Gasteiger partial charge on any atom is 0.0364 e. The molecular formula is C8H15Cl. The third-order valence-electron chi connectivity index (χ3n) is 2.34. The van der Waals surface area contributed by atoms with Gasteiger partial charge < -0.3 is 0 Å². The van der Waals surface area contributed by atoms with Gasteiger partial charge in [-0.15, -0.1) is 11.6 Å². The topological polar surface area (TPSA) is 0 Å². The minimum absolute atomic E-state index is 0.490. The van der Waals surface area contributed by atoms with Crippen LogP contribution in [0.3, 0.4) is 0 Å². The Bertz CT molecular complexity index is 80.6. The van der Waals surface area contributed by atoms with Gasteiger partial charge in [0.2, 0.25) is 0 Å². The molecule has 0 spiro atoms. The first-order valence-electron chi connectivity index (χ1n) is 3.98. The van der Waals surface area contributed by atoms with E-state index in [1.165, 1.54) is 32.1 Å². The molecule has 1 fully saturated rings. The highest BCUT2D eigenvalue weighted by Gasteiger charge is 2.20. The summed E-state index contributed by atoms with van der Waals surface area (Å²) in [5.41, 5.74) is 0. The monoisotopic (exact) mass is 146 g/mol. The molecule has 1 rings (SSSR count).